The van der Waals surface area contributed by atoms with Crippen molar-refractivity contribution in [3.8, 4) is 11.5 Å². The number of esters is 1. The van der Waals surface area contributed by atoms with E-state index in [-0.39, 0.29) is 46.8 Å². The predicted octanol–water partition coefficient (Wildman–Crippen LogP) is 6.71. The van der Waals surface area contributed by atoms with E-state index in [1.54, 1.807) is 39.8 Å². The van der Waals surface area contributed by atoms with Gasteiger partial charge >= 0.3 is 11.9 Å². The minimum absolute atomic E-state index is 0.0167. The molecule has 14 heteroatoms. The number of fused-ring (bicyclic) bond motifs is 4. The number of carbonyl (C=O) groups is 4. The highest BCUT2D eigenvalue weighted by atomic mass is 16.7. The standard InChI is InChI=1S/C50H65NO13/c1-23-13-12-14-25(3)38-27(5)18-31-33(48(38,9)40(53)37-41(54)50(64-45(37)59)21-28(6)32(44(57)58)22-47(50,8)20-23)15-24(2)16-35(31)63-46-42(55)49(10,60)39(29(7)62-46)51-43(56)36-26(4)17-30(61-11)19-34(36)52/h14-15,17,19-20,22,27-29,31,33,35,38-39,42,46,52-53,55,60H,12-13,16,18,21H2,1-11H3,(H,51,56)(H,57,58)/t27-,28+,29-,31+,33+,35-,38-,39-,42+,46-,47-,48+,49+,50+/m1/s1. The smallest absolute Gasteiger partial charge is 0.346 e. The number of nitrogens with one attached hydrogen (secondary N) is 1. The highest BCUT2D eigenvalue weighted by Crippen LogP contribution is 2.62. The van der Waals surface area contributed by atoms with Crippen LogP contribution >= 0.6 is 0 Å². The number of allylic oxidation sites excluding steroid dienone is 5. The first kappa shape index (κ1) is 47.2. The van der Waals surface area contributed by atoms with Gasteiger partial charge in [-0.3, -0.25) is 9.59 Å². The number of benzene rings is 1. The van der Waals surface area contributed by atoms with Crippen LogP contribution in [0.1, 0.15) is 110 Å². The molecule has 2 bridgehead atoms. The number of aliphatic hydroxyl groups is 3. The summed E-state index contributed by atoms with van der Waals surface area (Å²) in [4.78, 5) is 55.6. The molecule has 7 rings (SSSR count). The van der Waals surface area contributed by atoms with Gasteiger partial charge in [-0.1, -0.05) is 61.8 Å². The summed E-state index contributed by atoms with van der Waals surface area (Å²) in [7, 11) is 1.44. The number of hydrogen-bond acceptors (Lipinski definition) is 12. The summed E-state index contributed by atoms with van der Waals surface area (Å²) in [5.74, 6) is -5.72. The lowest BCUT2D eigenvalue weighted by molar-refractivity contribution is -0.315. The quantitative estimate of drug-likeness (QED) is 0.0995. The maximum absolute atomic E-state index is 15.2. The third-order valence-electron chi connectivity index (χ3n) is 15.7. The molecule has 6 N–H and O–H groups in total. The van der Waals surface area contributed by atoms with E-state index in [9.17, 15) is 39.9 Å². The van der Waals surface area contributed by atoms with Crippen LogP contribution in [-0.4, -0.2) is 98.1 Å². The molecule has 1 aromatic rings. The van der Waals surface area contributed by atoms with Crippen molar-refractivity contribution >= 4 is 23.6 Å². The van der Waals surface area contributed by atoms with Gasteiger partial charge in [0.15, 0.2) is 11.9 Å². The molecule has 2 aliphatic heterocycles. The third kappa shape index (κ3) is 7.42. The number of carboxylic acid groups (broad SMARTS) is 1. The monoisotopic (exact) mass is 887 g/mol. The number of aliphatic carboxylic acids is 1. The minimum Gasteiger partial charge on any atom is -0.511 e. The molecule has 1 aromatic carbocycles. The maximum atomic E-state index is 15.2. The number of amides is 1. The first-order valence-electron chi connectivity index (χ1n) is 22.4. The summed E-state index contributed by atoms with van der Waals surface area (Å²) in [6, 6.07) is 1.78. The molecule has 3 fully saturated rings. The SMILES string of the molecule is COc1cc(C)c(C(=O)N[C@@H]2[C@@H](C)O[C@H](O[C@@H]3CC(C)=C[C@H]4[C@@H]3C[C@@H](C)[C@H]3C(C)=CCCC(C)=C[C@]5(C)C=C(C(=O)O)[C@@H](C)C[C@@]56OC(=O)C(=C(O)[C@]34C)C6=O)[C@H](O)[C@@]2(C)O)c(O)c1. The van der Waals surface area contributed by atoms with Crippen LogP contribution in [0.15, 0.2) is 70.1 Å². The van der Waals surface area contributed by atoms with E-state index in [0.717, 1.165) is 16.7 Å². The minimum atomic E-state index is -1.97. The number of Topliss-reactive ketones (excluding diaryl/α,β-unsaturated/α-hetero) is 1. The van der Waals surface area contributed by atoms with Gasteiger partial charge in [-0.15, -0.1) is 0 Å². The molecule has 6 aliphatic rings. The van der Waals surface area contributed by atoms with E-state index in [1.165, 1.54) is 20.1 Å². The van der Waals surface area contributed by atoms with Crippen LogP contribution < -0.4 is 10.1 Å². The molecule has 64 heavy (non-hydrogen) atoms. The van der Waals surface area contributed by atoms with Gasteiger partial charge in [0.25, 0.3) is 5.91 Å². The second-order valence-electron chi connectivity index (χ2n) is 20.3. The van der Waals surface area contributed by atoms with Crippen LogP contribution in [0.4, 0.5) is 0 Å². The van der Waals surface area contributed by atoms with Crippen molar-refractivity contribution in [1.82, 2.24) is 5.32 Å². The van der Waals surface area contributed by atoms with Crippen molar-refractivity contribution in [2.24, 2.45) is 40.4 Å². The van der Waals surface area contributed by atoms with E-state index in [1.807, 2.05) is 33.8 Å². The van der Waals surface area contributed by atoms with Crippen molar-refractivity contribution in [3.05, 3.63) is 81.2 Å². The lowest BCUT2D eigenvalue weighted by Crippen LogP contribution is -2.70. The summed E-state index contributed by atoms with van der Waals surface area (Å²) >= 11 is 0. The number of phenolic OH excluding ortho intramolecular Hbond substituents is 1. The number of methoxy groups -OCH3 is 1. The van der Waals surface area contributed by atoms with Crippen molar-refractivity contribution in [2.45, 2.75) is 143 Å². The molecular formula is C50H65NO13. The fraction of sp³-hybridized carbons (Fsp3) is 0.600. The number of rotatable bonds is 6. The van der Waals surface area contributed by atoms with Gasteiger partial charge in [0.05, 0.1) is 36.3 Å². The van der Waals surface area contributed by atoms with E-state index in [2.05, 4.69) is 24.4 Å². The molecule has 1 spiro atoms. The normalized spacial score (nSPS) is 40.1. The van der Waals surface area contributed by atoms with Crippen molar-refractivity contribution in [3.63, 3.8) is 0 Å². The molecule has 2 heterocycles. The molecule has 1 saturated carbocycles. The van der Waals surface area contributed by atoms with Crippen LogP contribution in [0.5, 0.6) is 11.5 Å². The Hall–Kier alpha value is -4.76. The van der Waals surface area contributed by atoms with Gasteiger partial charge in [0.1, 0.15) is 34.5 Å². The number of ether oxygens (including phenoxy) is 4. The van der Waals surface area contributed by atoms with E-state index in [0.29, 0.717) is 37.0 Å². The Kier molecular flexibility index (Phi) is 12.2. The molecule has 1 amide bonds. The molecule has 4 aliphatic carbocycles. The fourth-order valence-electron chi connectivity index (χ4n) is 12.6. The summed E-state index contributed by atoms with van der Waals surface area (Å²) in [5.41, 5.74) is -3.46. The number of hydrogen-bond donors (Lipinski definition) is 6. The number of carbonyl (C=O) groups excluding carboxylic acids is 3. The van der Waals surface area contributed by atoms with E-state index in [4.69, 9.17) is 18.9 Å². The highest BCUT2D eigenvalue weighted by Gasteiger charge is 2.67. The Balaban J connectivity index is 1.25. The highest BCUT2D eigenvalue weighted by molar-refractivity contribution is 6.26. The Morgan fingerprint density at radius 2 is 1.67 bits per heavy atom. The Morgan fingerprint density at radius 1 is 0.984 bits per heavy atom. The van der Waals surface area contributed by atoms with Crippen molar-refractivity contribution in [2.75, 3.05) is 7.11 Å². The molecule has 348 valence electrons. The maximum Gasteiger partial charge on any atom is 0.346 e. The van der Waals surface area contributed by atoms with Gasteiger partial charge in [-0.2, -0.15) is 0 Å². The fourth-order valence-corrected chi connectivity index (χ4v) is 12.6. The average molecular weight is 888 g/mol. The molecule has 14 nitrogen and oxygen atoms in total. The van der Waals surface area contributed by atoms with Crippen LogP contribution in [0.3, 0.4) is 0 Å². The lowest BCUT2D eigenvalue weighted by atomic mass is 9.48. The summed E-state index contributed by atoms with van der Waals surface area (Å²) < 4.78 is 24.5. The second kappa shape index (κ2) is 16.6. The number of carboxylic acids is 1. The Bertz CT molecular complexity index is 2280. The summed E-state index contributed by atoms with van der Waals surface area (Å²) in [6.07, 6.45) is 5.30. The topological polar surface area (TPSA) is 218 Å². The number of aromatic hydroxyl groups is 1. The number of aliphatic hydroxyl groups excluding tert-OH is 2. The zero-order valence-corrected chi connectivity index (χ0v) is 38.8. The number of aryl methyl sites for hydroxylation is 1. The van der Waals surface area contributed by atoms with E-state index < -0.39 is 93.7 Å². The first-order valence-corrected chi connectivity index (χ1v) is 22.4. The van der Waals surface area contributed by atoms with Gasteiger partial charge < -0.3 is 49.8 Å². The number of phenols is 1. The van der Waals surface area contributed by atoms with Crippen LogP contribution in [0.2, 0.25) is 0 Å². The van der Waals surface area contributed by atoms with Gasteiger partial charge in [-0.05, 0) is 115 Å². The second-order valence-corrected chi connectivity index (χ2v) is 20.3. The molecule has 2 saturated heterocycles. The van der Waals surface area contributed by atoms with Gasteiger partial charge in [0, 0.05) is 23.5 Å². The zero-order chi connectivity index (χ0) is 47.2. The van der Waals surface area contributed by atoms with Crippen molar-refractivity contribution in [1.29, 1.82) is 0 Å². The summed E-state index contributed by atoms with van der Waals surface area (Å²) in [6.45, 7) is 18.0. The molecule has 0 aromatic heterocycles. The third-order valence-corrected chi connectivity index (χ3v) is 15.7. The van der Waals surface area contributed by atoms with Gasteiger partial charge in [-0.25, -0.2) is 9.59 Å². The average Bonchev–Trinajstić information content (AvgIpc) is 3.45. The molecule has 0 radical (unpaired) electrons. The van der Waals surface area contributed by atoms with Crippen LogP contribution in [0.25, 0.3) is 0 Å². The molecule has 14 atom stereocenters. The predicted molar refractivity (Wildman–Crippen MR) is 235 cm³/mol. The largest absolute Gasteiger partial charge is 0.511 e. The Morgan fingerprint density at radius 3 is 2.31 bits per heavy atom. The van der Waals surface area contributed by atoms with E-state index >= 15 is 4.79 Å². The summed E-state index contributed by atoms with van der Waals surface area (Å²) in [5, 5.41) is 60.3. The molecular weight excluding hydrogens is 823 g/mol. The molecule has 0 unspecified atom stereocenters. The zero-order valence-electron chi connectivity index (χ0n) is 38.8. The van der Waals surface area contributed by atoms with Gasteiger partial charge in [0.2, 0.25) is 5.78 Å². The van der Waals surface area contributed by atoms with Crippen LogP contribution in [0, 0.1) is 47.3 Å². The number of ketones is 1. The van der Waals surface area contributed by atoms with Crippen LogP contribution in [-0.2, 0) is 28.6 Å². The Labute approximate surface area is 375 Å². The first-order chi connectivity index (χ1) is 29.8. The lowest BCUT2D eigenvalue weighted by Gasteiger charge is -2.57. The van der Waals surface area contributed by atoms with Crippen molar-refractivity contribution < 1.29 is 63.7 Å².